The lowest BCUT2D eigenvalue weighted by Gasteiger charge is -2.12. The van der Waals surface area contributed by atoms with Crippen molar-refractivity contribution in [3.05, 3.63) is 54.0 Å². The van der Waals surface area contributed by atoms with Crippen molar-refractivity contribution >= 4 is 22.8 Å². The molecule has 0 aliphatic heterocycles. The molecule has 27 heavy (non-hydrogen) atoms. The van der Waals surface area contributed by atoms with Gasteiger partial charge >= 0.3 is 0 Å². The first-order valence-electron chi connectivity index (χ1n) is 8.94. The third kappa shape index (κ3) is 3.73. The van der Waals surface area contributed by atoms with Gasteiger partial charge in [0.25, 0.3) is 0 Å². The highest BCUT2D eigenvalue weighted by molar-refractivity contribution is 7.98. The van der Waals surface area contributed by atoms with Crippen LogP contribution in [0.5, 0.6) is 0 Å². The molecule has 4 aromatic rings. The average Bonchev–Trinajstić information content (AvgIpc) is 3.29. The van der Waals surface area contributed by atoms with Gasteiger partial charge < -0.3 is 4.42 Å². The molecular formula is C20H21N5OS. The van der Waals surface area contributed by atoms with Crippen molar-refractivity contribution in [1.82, 2.24) is 24.7 Å². The molecule has 3 heterocycles. The first-order valence-corrected chi connectivity index (χ1v) is 9.92. The van der Waals surface area contributed by atoms with E-state index < -0.39 is 0 Å². The van der Waals surface area contributed by atoms with Crippen LogP contribution in [0.2, 0.25) is 0 Å². The maximum absolute atomic E-state index is 5.53. The quantitative estimate of drug-likeness (QED) is 0.451. The Morgan fingerprint density at radius 2 is 1.81 bits per heavy atom. The summed E-state index contributed by atoms with van der Waals surface area (Å²) < 4.78 is 7.65. The summed E-state index contributed by atoms with van der Waals surface area (Å²) in [5, 5.41) is 9.62. The highest BCUT2D eigenvalue weighted by Gasteiger charge is 2.18. The Balaban J connectivity index is 1.62. The van der Waals surface area contributed by atoms with Crippen LogP contribution in [0.1, 0.15) is 25.2 Å². The van der Waals surface area contributed by atoms with E-state index in [2.05, 4.69) is 33.6 Å². The van der Waals surface area contributed by atoms with Crippen LogP contribution in [0.4, 0.5) is 0 Å². The molecule has 0 aliphatic carbocycles. The summed E-state index contributed by atoms with van der Waals surface area (Å²) in [5.41, 5.74) is 3.75. The van der Waals surface area contributed by atoms with Gasteiger partial charge in [0.15, 0.2) is 16.7 Å². The topological polar surface area (TPSA) is 69.6 Å². The van der Waals surface area contributed by atoms with Crippen molar-refractivity contribution in [2.75, 3.05) is 0 Å². The number of rotatable bonds is 6. The van der Waals surface area contributed by atoms with Gasteiger partial charge in [-0.25, -0.2) is 9.97 Å². The molecule has 0 N–H and O–H groups in total. The van der Waals surface area contributed by atoms with E-state index in [0.29, 0.717) is 11.7 Å². The number of aryl methyl sites for hydroxylation is 1. The molecule has 3 aromatic heterocycles. The van der Waals surface area contributed by atoms with Crippen molar-refractivity contribution in [2.45, 2.75) is 38.2 Å². The SMILES string of the molecule is Cc1nc2ccccc2nc1CSc1nnc(-c2ccco2)n1CC(C)C. The van der Waals surface area contributed by atoms with Crippen LogP contribution in [0.25, 0.3) is 22.6 Å². The van der Waals surface area contributed by atoms with E-state index in [1.54, 1.807) is 18.0 Å². The molecule has 7 heteroatoms. The van der Waals surface area contributed by atoms with Crippen LogP contribution in [-0.4, -0.2) is 24.7 Å². The zero-order valence-electron chi connectivity index (χ0n) is 15.6. The molecular weight excluding hydrogens is 358 g/mol. The van der Waals surface area contributed by atoms with Gasteiger partial charge in [0.05, 0.1) is 28.7 Å². The normalized spacial score (nSPS) is 11.6. The largest absolute Gasteiger partial charge is 0.461 e. The number of thioether (sulfide) groups is 1. The minimum atomic E-state index is 0.469. The van der Waals surface area contributed by atoms with Crippen molar-refractivity contribution in [3.8, 4) is 11.6 Å². The van der Waals surface area contributed by atoms with Crippen molar-refractivity contribution in [3.63, 3.8) is 0 Å². The third-order valence-corrected chi connectivity index (χ3v) is 5.17. The number of benzene rings is 1. The van der Waals surface area contributed by atoms with E-state index in [4.69, 9.17) is 9.40 Å². The summed E-state index contributed by atoms with van der Waals surface area (Å²) in [4.78, 5) is 9.45. The standard InChI is InChI=1S/C20H21N5OS/c1-13(2)11-25-19(18-9-6-10-26-18)23-24-20(25)27-12-17-14(3)21-15-7-4-5-8-16(15)22-17/h4-10,13H,11-12H2,1-3H3. The lowest BCUT2D eigenvalue weighted by atomic mass is 10.2. The molecule has 6 nitrogen and oxygen atoms in total. The summed E-state index contributed by atoms with van der Waals surface area (Å²) in [6.45, 7) is 7.19. The second-order valence-corrected chi connectivity index (χ2v) is 7.76. The van der Waals surface area contributed by atoms with Crippen molar-refractivity contribution < 1.29 is 4.42 Å². The Morgan fingerprint density at radius 3 is 2.52 bits per heavy atom. The van der Waals surface area contributed by atoms with Crippen molar-refractivity contribution in [2.24, 2.45) is 5.92 Å². The number of aromatic nitrogens is 5. The maximum atomic E-state index is 5.53. The molecule has 0 atom stereocenters. The van der Waals surface area contributed by atoms with E-state index in [9.17, 15) is 0 Å². The molecule has 0 aliphatic rings. The Bertz CT molecular complexity index is 1060. The minimum Gasteiger partial charge on any atom is -0.461 e. The molecule has 1 aromatic carbocycles. The molecule has 138 valence electrons. The minimum absolute atomic E-state index is 0.469. The van der Waals surface area contributed by atoms with Gasteiger partial charge in [-0.3, -0.25) is 4.57 Å². The highest BCUT2D eigenvalue weighted by atomic mass is 32.2. The summed E-state index contributed by atoms with van der Waals surface area (Å²) >= 11 is 1.63. The Labute approximate surface area is 162 Å². The second kappa shape index (κ2) is 7.52. The fourth-order valence-corrected chi connectivity index (χ4v) is 3.86. The zero-order valence-corrected chi connectivity index (χ0v) is 16.4. The van der Waals surface area contributed by atoms with E-state index in [0.717, 1.165) is 45.7 Å². The van der Waals surface area contributed by atoms with Gasteiger partial charge in [0, 0.05) is 12.3 Å². The van der Waals surface area contributed by atoms with Gasteiger partial charge in [0.1, 0.15) is 0 Å². The number of furan rings is 1. The van der Waals surface area contributed by atoms with Gasteiger partial charge in [-0.2, -0.15) is 0 Å². The van der Waals surface area contributed by atoms with Gasteiger partial charge in [0.2, 0.25) is 0 Å². The smallest absolute Gasteiger partial charge is 0.200 e. The van der Waals surface area contributed by atoms with E-state index in [1.165, 1.54) is 0 Å². The lowest BCUT2D eigenvalue weighted by molar-refractivity contribution is 0.489. The molecule has 0 saturated carbocycles. The molecule has 0 spiro atoms. The van der Waals surface area contributed by atoms with Gasteiger partial charge in [-0.05, 0) is 37.1 Å². The molecule has 0 radical (unpaired) electrons. The number of hydrogen-bond donors (Lipinski definition) is 0. The first-order chi connectivity index (χ1) is 13.1. The summed E-state index contributed by atoms with van der Waals surface area (Å²) in [5.74, 6) is 2.66. The predicted molar refractivity (Wildman–Crippen MR) is 106 cm³/mol. The second-order valence-electron chi connectivity index (χ2n) is 6.82. The van der Waals surface area contributed by atoms with Crippen LogP contribution in [-0.2, 0) is 12.3 Å². The maximum Gasteiger partial charge on any atom is 0.200 e. The summed E-state index contributed by atoms with van der Waals surface area (Å²) in [6.07, 6.45) is 1.66. The molecule has 0 fully saturated rings. The monoisotopic (exact) mass is 379 g/mol. The average molecular weight is 379 g/mol. The molecule has 0 saturated heterocycles. The van der Waals surface area contributed by atoms with Gasteiger partial charge in [-0.1, -0.05) is 37.7 Å². The van der Waals surface area contributed by atoms with Crippen LogP contribution in [0.3, 0.4) is 0 Å². The number of nitrogens with zero attached hydrogens (tertiary/aromatic N) is 5. The van der Waals surface area contributed by atoms with E-state index in [1.807, 2.05) is 43.3 Å². The molecule has 0 amide bonds. The highest BCUT2D eigenvalue weighted by Crippen LogP contribution is 2.28. The van der Waals surface area contributed by atoms with E-state index >= 15 is 0 Å². The first kappa shape index (κ1) is 17.7. The fourth-order valence-electron chi connectivity index (χ4n) is 2.91. The number of para-hydroxylation sites is 2. The molecule has 4 rings (SSSR count). The molecule has 0 unspecified atom stereocenters. The third-order valence-electron chi connectivity index (χ3n) is 4.19. The summed E-state index contributed by atoms with van der Waals surface area (Å²) in [6, 6.07) is 11.7. The Hall–Kier alpha value is -2.67. The van der Waals surface area contributed by atoms with E-state index in [-0.39, 0.29) is 0 Å². The zero-order chi connectivity index (χ0) is 18.8. The number of fused-ring (bicyclic) bond motifs is 1. The van der Waals surface area contributed by atoms with Crippen LogP contribution >= 0.6 is 11.8 Å². The molecule has 0 bridgehead atoms. The van der Waals surface area contributed by atoms with Crippen molar-refractivity contribution in [1.29, 1.82) is 0 Å². The van der Waals surface area contributed by atoms with Crippen LogP contribution in [0, 0.1) is 12.8 Å². The fraction of sp³-hybridized carbons (Fsp3) is 0.300. The predicted octanol–water partition coefficient (Wildman–Crippen LogP) is 4.74. The Morgan fingerprint density at radius 1 is 1.04 bits per heavy atom. The van der Waals surface area contributed by atoms with Gasteiger partial charge in [-0.15, -0.1) is 10.2 Å². The van der Waals surface area contributed by atoms with Crippen LogP contribution in [0.15, 0.2) is 52.2 Å². The lowest BCUT2D eigenvalue weighted by Crippen LogP contribution is -2.08. The summed E-state index contributed by atoms with van der Waals surface area (Å²) in [7, 11) is 0. The number of hydrogen-bond acceptors (Lipinski definition) is 6. The Kier molecular flexibility index (Phi) is 4.94. The van der Waals surface area contributed by atoms with Crippen LogP contribution < -0.4 is 0 Å².